The molecule has 220 valence electrons. The van der Waals surface area contributed by atoms with Crippen LogP contribution in [0.25, 0.3) is 0 Å². The first kappa shape index (κ1) is 30.9. The maximum absolute atomic E-state index is 15.8. The van der Waals surface area contributed by atoms with E-state index in [0.717, 1.165) is 16.8 Å². The van der Waals surface area contributed by atoms with E-state index >= 15 is 4.39 Å². The van der Waals surface area contributed by atoms with E-state index in [2.05, 4.69) is 5.32 Å². The van der Waals surface area contributed by atoms with Crippen LogP contribution in [0.4, 0.5) is 25.0 Å². The third-order valence-corrected chi connectivity index (χ3v) is 7.16. The number of ether oxygens (including phenoxy) is 2. The van der Waals surface area contributed by atoms with Gasteiger partial charge in [-0.3, -0.25) is 13.9 Å². The van der Waals surface area contributed by atoms with Crippen LogP contribution in [0.5, 0.6) is 0 Å². The van der Waals surface area contributed by atoms with Gasteiger partial charge in [0.05, 0.1) is 18.6 Å². The minimum absolute atomic E-state index is 0.0358. The highest BCUT2D eigenvalue weighted by Gasteiger charge is 2.43. The van der Waals surface area contributed by atoms with E-state index in [4.69, 9.17) is 9.47 Å². The van der Waals surface area contributed by atoms with Crippen molar-refractivity contribution in [1.29, 1.82) is 0 Å². The molecule has 1 aromatic heterocycles. The van der Waals surface area contributed by atoms with Gasteiger partial charge in [0, 0.05) is 32.0 Å². The average Bonchev–Trinajstić information content (AvgIpc) is 3.13. The highest BCUT2D eigenvalue weighted by Crippen LogP contribution is 2.33. The molecule has 0 radical (unpaired) electrons. The van der Waals surface area contributed by atoms with Crippen LogP contribution in [0.3, 0.4) is 0 Å². The molecule has 1 aliphatic heterocycles. The highest BCUT2D eigenvalue weighted by molar-refractivity contribution is 7.74. The molecule has 1 fully saturated rings. The number of likely N-dealkylation sites (tertiary alicyclic amines) is 1. The lowest BCUT2D eigenvalue weighted by Crippen LogP contribution is -2.57. The summed E-state index contributed by atoms with van der Waals surface area (Å²) in [6.07, 6.45) is 0.428. The summed E-state index contributed by atoms with van der Waals surface area (Å²) in [5.41, 5.74) is -1.33. The Kier molecular flexibility index (Phi) is 9.44. The number of esters is 1. The Morgan fingerprint density at radius 2 is 1.88 bits per heavy atom. The SMILES string of the molecule is CCOC(=O)C1CCN(C(=O)OC(C)(C)C)CC1N(c1cn(C)c(C(=O)Nc2ccc(F)c(C)c2)c1F)[SH](=O)=O. The van der Waals surface area contributed by atoms with Gasteiger partial charge >= 0.3 is 12.1 Å². The fraction of sp³-hybridized carbons (Fsp3) is 0.500. The Hall–Kier alpha value is -3.68. The van der Waals surface area contributed by atoms with Crippen LogP contribution in [0.2, 0.25) is 0 Å². The zero-order valence-electron chi connectivity index (χ0n) is 23.2. The predicted octanol–water partition coefficient (Wildman–Crippen LogP) is 3.39. The van der Waals surface area contributed by atoms with Crippen molar-refractivity contribution in [2.24, 2.45) is 13.0 Å². The average molecular weight is 585 g/mol. The number of halogens is 2. The van der Waals surface area contributed by atoms with Crippen molar-refractivity contribution >= 4 is 40.2 Å². The first-order valence-corrected chi connectivity index (χ1v) is 13.8. The highest BCUT2D eigenvalue weighted by atomic mass is 32.2. The standard InChI is InChI=1S/C26H34F2N4O7S/c1-7-38-24(34)17-10-11-31(25(35)39-26(3,4)5)14-19(17)32(40(36)37)20-13-30(6)22(21(20)28)23(33)29-16-8-9-18(27)15(2)12-16/h8-9,12-13,17,19,40H,7,10-11,14H2,1-6H3,(H,29,33). The Balaban J connectivity index is 2.00. The van der Waals surface area contributed by atoms with Gasteiger partial charge in [0.15, 0.2) is 5.82 Å². The van der Waals surface area contributed by atoms with E-state index in [1.54, 1.807) is 27.7 Å². The summed E-state index contributed by atoms with van der Waals surface area (Å²) in [7, 11) is -2.21. The van der Waals surface area contributed by atoms with E-state index in [1.807, 2.05) is 0 Å². The lowest BCUT2D eigenvalue weighted by molar-refractivity contribution is -0.150. The smallest absolute Gasteiger partial charge is 0.410 e. The van der Waals surface area contributed by atoms with Gasteiger partial charge in [0.2, 0.25) is 10.9 Å². The van der Waals surface area contributed by atoms with Crippen molar-refractivity contribution in [3.8, 4) is 0 Å². The Morgan fingerprint density at radius 1 is 1.20 bits per heavy atom. The van der Waals surface area contributed by atoms with Crippen molar-refractivity contribution in [3.05, 3.63) is 47.3 Å². The number of piperidine rings is 1. The van der Waals surface area contributed by atoms with Crippen LogP contribution in [0.1, 0.15) is 50.2 Å². The lowest BCUT2D eigenvalue weighted by Gasteiger charge is -2.41. The number of anilines is 2. The molecule has 40 heavy (non-hydrogen) atoms. The molecule has 2 heterocycles. The number of carbonyl (C=O) groups excluding carboxylic acids is 3. The number of nitrogens with zero attached hydrogens (tertiary/aromatic N) is 3. The summed E-state index contributed by atoms with van der Waals surface area (Å²) >= 11 is 0. The van der Waals surface area contributed by atoms with Gasteiger partial charge in [0.1, 0.15) is 22.8 Å². The van der Waals surface area contributed by atoms with Crippen LogP contribution in [0.15, 0.2) is 24.4 Å². The second-order valence-electron chi connectivity index (χ2n) is 10.4. The summed E-state index contributed by atoms with van der Waals surface area (Å²) in [5, 5.41) is 2.48. The third-order valence-electron chi connectivity index (χ3n) is 6.29. The number of hydrogen-bond acceptors (Lipinski definition) is 7. The number of benzene rings is 1. The molecule has 1 saturated heterocycles. The molecular weight excluding hydrogens is 550 g/mol. The number of hydrogen-bond donors (Lipinski definition) is 2. The fourth-order valence-corrected chi connectivity index (χ4v) is 5.29. The first-order chi connectivity index (χ1) is 18.6. The van der Waals surface area contributed by atoms with Crippen molar-refractivity contribution in [2.75, 3.05) is 29.3 Å². The summed E-state index contributed by atoms with van der Waals surface area (Å²) < 4.78 is 67.0. The fourth-order valence-electron chi connectivity index (χ4n) is 4.50. The Bertz CT molecular complexity index is 1360. The Labute approximate surface area is 233 Å². The maximum atomic E-state index is 15.8. The number of amides is 2. The van der Waals surface area contributed by atoms with Gasteiger partial charge < -0.3 is 24.3 Å². The first-order valence-electron chi connectivity index (χ1n) is 12.6. The molecule has 2 aromatic rings. The summed E-state index contributed by atoms with van der Waals surface area (Å²) in [5.74, 6) is -4.26. The molecule has 14 heteroatoms. The molecule has 0 spiro atoms. The minimum atomic E-state index is -3.56. The molecule has 3 rings (SSSR count). The van der Waals surface area contributed by atoms with Gasteiger partial charge in [-0.2, -0.15) is 0 Å². The number of aromatic nitrogens is 1. The molecular formula is C26H34F2N4O7S. The van der Waals surface area contributed by atoms with E-state index in [-0.39, 0.29) is 37.4 Å². The molecule has 2 unspecified atom stereocenters. The number of rotatable bonds is 7. The quantitative estimate of drug-likeness (QED) is 0.377. The topological polar surface area (TPSA) is 127 Å². The molecule has 1 aliphatic rings. The molecule has 0 aliphatic carbocycles. The van der Waals surface area contributed by atoms with E-state index < -0.39 is 69.4 Å². The number of aryl methyl sites for hydroxylation is 2. The summed E-state index contributed by atoms with van der Waals surface area (Å²) in [6.45, 7) is 7.95. The van der Waals surface area contributed by atoms with Crippen molar-refractivity contribution in [1.82, 2.24) is 9.47 Å². The number of nitrogens with one attached hydrogen (secondary N) is 1. The van der Waals surface area contributed by atoms with Crippen LogP contribution in [-0.2, 0) is 32.2 Å². The number of thiol groups is 1. The molecule has 0 saturated carbocycles. The zero-order valence-corrected chi connectivity index (χ0v) is 24.1. The molecule has 2 atom stereocenters. The van der Waals surface area contributed by atoms with Gasteiger partial charge in [-0.05, 0) is 64.8 Å². The van der Waals surface area contributed by atoms with Gasteiger partial charge in [0.25, 0.3) is 5.91 Å². The molecule has 0 bridgehead atoms. The molecule has 1 N–H and O–H groups in total. The van der Waals surface area contributed by atoms with Crippen molar-refractivity contribution < 1.29 is 41.1 Å². The van der Waals surface area contributed by atoms with Crippen molar-refractivity contribution in [3.63, 3.8) is 0 Å². The third kappa shape index (κ3) is 6.90. The normalized spacial score (nSPS) is 17.5. The molecule has 11 nitrogen and oxygen atoms in total. The zero-order chi connectivity index (χ0) is 29.9. The minimum Gasteiger partial charge on any atom is -0.466 e. The molecule has 1 aromatic carbocycles. The van der Waals surface area contributed by atoms with Crippen molar-refractivity contribution in [2.45, 2.75) is 52.7 Å². The van der Waals surface area contributed by atoms with Gasteiger partial charge in [-0.1, -0.05) is 0 Å². The molecule has 2 amide bonds. The van der Waals surface area contributed by atoms with Crippen LogP contribution < -0.4 is 9.62 Å². The number of carbonyl (C=O) groups is 3. The Morgan fingerprint density at radius 3 is 2.45 bits per heavy atom. The van der Waals surface area contributed by atoms with E-state index in [1.165, 1.54) is 31.0 Å². The van der Waals surface area contributed by atoms with Crippen LogP contribution in [0, 0.1) is 24.5 Å². The summed E-state index contributed by atoms with van der Waals surface area (Å²) in [6, 6.07) is 2.58. The monoisotopic (exact) mass is 584 g/mol. The van der Waals surface area contributed by atoms with E-state index in [9.17, 15) is 27.2 Å². The second-order valence-corrected chi connectivity index (χ2v) is 11.3. The maximum Gasteiger partial charge on any atom is 0.410 e. The van der Waals surface area contributed by atoms with Gasteiger partial charge in [-0.15, -0.1) is 0 Å². The second kappa shape index (κ2) is 12.2. The van der Waals surface area contributed by atoms with Crippen LogP contribution >= 0.6 is 0 Å². The van der Waals surface area contributed by atoms with Crippen LogP contribution in [-0.4, -0.2) is 67.2 Å². The van der Waals surface area contributed by atoms with E-state index in [0.29, 0.717) is 4.31 Å². The largest absolute Gasteiger partial charge is 0.466 e. The predicted molar refractivity (Wildman–Crippen MR) is 144 cm³/mol. The lowest BCUT2D eigenvalue weighted by atomic mass is 9.91. The summed E-state index contributed by atoms with van der Waals surface area (Å²) in [4.78, 5) is 39.8. The van der Waals surface area contributed by atoms with Gasteiger partial charge in [-0.25, -0.2) is 22.0 Å².